The van der Waals surface area contributed by atoms with Crippen LogP contribution in [0.5, 0.6) is 5.75 Å². The zero-order valence-corrected chi connectivity index (χ0v) is 15.6. The summed E-state index contributed by atoms with van der Waals surface area (Å²) in [6, 6.07) is 9.72. The number of ether oxygens (including phenoxy) is 1. The van der Waals surface area contributed by atoms with Crippen molar-refractivity contribution in [2.75, 3.05) is 38.2 Å². The standard InChI is InChI=1S/C19H20BrN3O2/c1-25-18-4-3-16(20)14-15(18)2-5-19(24)23-12-10-22(11-13-23)17-6-8-21-9-7-17/h2-9,14H,10-13H2,1H3/b5-2+. The van der Waals surface area contributed by atoms with Gasteiger partial charge in [0.05, 0.1) is 7.11 Å². The number of piperazine rings is 1. The summed E-state index contributed by atoms with van der Waals surface area (Å²) in [6.07, 6.45) is 7.01. The van der Waals surface area contributed by atoms with E-state index in [2.05, 4.69) is 25.8 Å². The van der Waals surface area contributed by atoms with Crippen LogP contribution in [0.2, 0.25) is 0 Å². The molecule has 1 saturated heterocycles. The highest BCUT2D eigenvalue weighted by molar-refractivity contribution is 9.10. The lowest BCUT2D eigenvalue weighted by Gasteiger charge is -2.35. The van der Waals surface area contributed by atoms with Crippen molar-refractivity contribution in [3.8, 4) is 5.75 Å². The van der Waals surface area contributed by atoms with Crippen LogP contribution < -0.4 is 9.64 Å². The Balaban J connectivity index is 1.61. The van der Waals surface area contributed by atoms with Gasteiger partial charge in [0.1, 0.15) is 5.75 Å². The Morgan fingerprint density at radius 2 is 1.88 bits per heavy atom. The number of aromatic nitrogens is 1. The molecule has 1 aromatic heterocycles. The van der Waals surface area contributed by atoms with E-state index < -0.39 is 0 Å². The summed E-state index contributed by atoms with van der Waals surface area (Å²) in [5.41, 5.74) is 2.03. The maximum atomic E-state index is 12.5. The highest BCUT2D eigenvalue weighted by Gasteiger charge is 2.19. The fourth-order valence-electron chi connectivity index (χ4n) is 2.84. The molecule has 1 aromatic carbocycles. The van der Waals surface area contributed by atoms with E-state index in [-0.39, 0.29) is 5.91 Å². The molecule has 2 heterocycles. The molecule has 2 aromatic rings. The second-order valence-corrected chi connectivity index (χ2v) is 6.65. The van der Waals surface area contributed by atoms with Gasteiger partial charge in [0.25, 0.3) is 0 Å². The topological polar surface area (TPSA) is 45.7 Å². The number of rotatable bonds is 4. The third-order valence-corrected chi connectivity index (χ3v) is 4.71. The van der Waals surface area contributed by atoms with Gasteiger partial charge in [0.15, 0.2) is 0 Å². The van der Waals surface area contributed by atoms with Crippen molar-refractivity contribution in [2.24, 2.45) is 0 Å². The van der Waals surface area contributed by atoms with E-state index in [0.717, 1.165) is 34.6 Å². The van der Waals surface area contributed by atoms with E-state index in [1.807, 2.05) is 35.2 Å². The number of pyridine rings is 1. The number of carbonyl (C=O) groups excluding carboxylic acids is 1. The molecule has 25 heavy (non-hydrogen) atoms. The summed E-state index contributed by atoms with van der Waals surface area (Å²) in [5, 5.41) is 0. The third kappa shape index (κ3) is 4.39. The minimum Gasteiger partial charge on any atom is -0.496 e. The van der Waals surface area contributed by atoms with Crippen molar-refractivity contribution in [1.82, 2.24) is 9.88 Å². The van der Waals surface area contributed by atoms with Crippen LogP contribution in [-0.2, 0) is 4.79 Å². The number of benzene rings is 1. The molecule has 0 radical (unpaired) electrons. The summed E-state index contributed by atoms with van der Waals surface area (Å²) in [5.74, 6) is 0.770. The van der Waals surface area contributed by atoms with Gasteiger partial charge in [-0.2, -0.15) is 0 Å². The lowest BCUT2D eigenvalue weighted by molar-refractivity contribution is -0.126. The van der Waals surface area contributed by atoms with E-state index in [9.17, 15) is 4.79 Å². The van der Waals surface area contributed by atoms with E-state index in [1.165, 1.54) is 0 Å². The lowest BCUT2D eigenvalue weighted by atomic mass is 10.2. The van der Waals surface area contributed by atoms with Crippen LogP contribution in [0.4, 0.5) is 5.69 Å². The molecule has 0 bridgehead atoms. The molecule has 1 aliphatic heterocycles. The van der Waals surface area contributed by atoms with Crippen molar-refractivity contribution in [3.05, 3.63) is 58.8 Å². The number of halogens is 1. The number of hydrogen-bond donors (Lipinski definition) is 0. The van der Waals surface area contributed by atoms with Crippen molar-refractivity contribution in [3.63, 3.8) is 0 Å². The molecule has 1 aliphatic rings. The monoisotopic (exact) mass is 401 g/mol. The second kappa shape index (κ2) is 8.16. The largest absolute Gasteiger partial charge is 0.496 e. The van der Waals surface area contributed by atoms with Crippen LogP contribution in [0.15, 0.2) is 53.3 Å². The van der Waals surface area contributed by atoms with Crippen LogP contribution in [-0.4, -0.2) is 49.1 Å². The average molecular weight is 402 g/mol. The number of carbonyl (C=O) groups is 1. The molecular weight excluding hydrogens is 382 g/mol. The molecule has 0 N–H and O–H groups in total. The number of amides is 1. The van der Waals surface area contributed by atoms with Gasteiger partial charge in [0, 0.05) is 60.4 Å². The van der Waals surface area contributed by atoms with E-state index in [0.29, 0.717) is 13.1 Å². The van der Waals surface area contributed by atoms with Gasteiger partial charge in [-0.05, 0) is 36.4 Å². The van der Waals surface area contributed by atoms with Crippen LogP contribution in [0.3, 0.4) is 0 Å². The molecule has 1 amide bonds. The molecule has 6 heteroatoms. The first kappa shape index (κ1) is 17.5. The summed E-state index contributed by atoms with van der Waals surface area (Å²) < 4.78 is 6.28. The Morgan fingerprint density at radius 3 is 2.56 bits per heavy atom. The predicted octanol–water partition coefficient (Wildman–Crippen LogP) is 3.21. The van der Waals surface area contributed by atoms with Gasteiger partial charge >= 0.3 is 0 Å². The Kier molecular flexibility index (Phi) is 5.71. The van der Waals surface area contributed by atoms with E-state index in [1.54, 1.807) is 31.7 Å². The van der Waals surface area contributed by atoms with Crippen LogP contribution in [0.25, 0.3) is 6.08 Å². The Morgan fingerprint density at radius 1 is 1.16 bits per heavy atom. The summed E-state index contributed by atoms with van der Waals surface area (Å²) in [4.78, 5) is 20.6. The molecule has 0 unspecified atom stereocenters. The third-order valence-electron chi connectivity index (χ3n) is 4.22. The SMILES string of the molecule is COc1ccc(Br)cc1/C=C/C(=O)N1CCN(c2ccncc2)CC1. The van der Waals surface area contributed by atoms with Gasteiger partial charge in [-0.1, -0.05) is 15.9 Å². The molecule has 5 nitrogen and oxygen atoms in total. The van der Waals surface area contributed by atoms with Crippen molar-refractivity contribution < 1.29 is 9.53 Å². The molecule has 0 atom stereocenters. The van der Waals surface area contributed by atoms with Gasteiger partial charge in [-0.25, -0.2) is 0 Å². The van der Waals surface area contributed by atoms with Crippen LogP contribution in [0.1, 0.15) is 5.56 Å². The first-order valence-corrected chi connectivity index (χ1v) is 8.92. The van der Waals surface area contributed by atoms with Gasteiger partial charge in [-0.3, -0.25) is 9.78 Å². The average Bonchev–Trinajstić information content (AvgIpc) is 2.67. The minimum absolute atomic E-state index is 0.0245. The van der Waals surface area contributed by atoms with Gasteiger partial charge in [0.2, 0.25) is 5.91 Å². The number of anilines is 1. The highest BCUT2D eigenvalue weighted by atomic mass is 79.9. The lowest BCUT2D eigenvalue weighted by Crippen LogP contribution is -2.48. The molecular formula is C19H20BrN3O2. The maximum Gasteiger partial charge on any atom is 0.246 e. The Hall–Kier alpha value is -2.34. The van der Waals surface area contributed by atoms with Gasteiger partial charge < -0.3 is 14.5 Å². The van der Waals surface area contributed by atoms with Crippen LogP contribution >= 0.6 is 15.9 Å². The van der Waals surface area contributed by atoms with Gasteiger partial charge in [-0.15, -0.1) is 0 Å². The summed E-state index contributed by atoms with van der Waals surface area (Å²) in [6.45, 7) is 3.07. The molecule has 3 rings (SSSR count). The molecule has 0 spiro atoms. The zero-order chi connectivity index (χ0) is 17.6. The Labute approximate surface area is 156 Å². The highest BCUT2D eigenvalue weighted by Crippen LogP contribution is 2.24. The minimum atomic E-state index is 0.0245. The van der Waals surface area contributed by atoms with Crippen molar-refractivity contribution in [2.45, 2.75) is 0 Å². The van der Waals surface area contributed by atoms with Crippen molar-refractivity contribution >= 4 is 33.6 Å². The van der Waals surface area contributed by atoms with Crippen LogP contribution in [0, 0.1) is 0 Å². The van der Waals surface area contributed by atoms with E-state index >= 15 is 0 Å². The first-order chi connectivity index (χ1) is 12.2. The normalized spacial score (nSPS) is 14.8. The fourth-order valence-corrected chi connectivity index (χ4v) is 3.22. The molecule has 0 saturated carbocycles. The molecule has 0 aliphatic carbocycles. The quantitative estimate of drug-likeness (QED) is 0.737. The molecule has 1 fully saturated rings. The summed E-state index contributed by atoms with van der Waals surface area (Å²) >= 11 is 3.44. The summed E-state index contributed by atoms with van der Waals surface area (Å²) in [7, 11) is 1.63. The van der Waals surface area contributed by atoms with E-state index in [4.69, 9.17) is 4.74 Å². The van der Waals surface area contributed by atoms with Crippen molar-refractivity contribution in [1.29, 1.82) is 0 Å². The number of nitrogens with zero attached hydrogens (tertiary/aromatic N) is 3. The second-order valence-electron chi connectivity index (χ2n) is 5.74. The number of hydrogen-bond acceptors (Lipinski definition) is 4. The Bertz CT molecular complexity index is 757. The number of methoxy groups -OCH3 is 1. The molecule has 130 valence electrons. The predicted molar refractivity (Wildman–Crippen MR) is 103 cm³/mol. The fraction of sp³-hybridized carbons (Fsp3) is 0.263. The first-order valence-electron chi connectivity index (χ1n) is 8.13. The maximum absolute atomic E-state index is 12.5. The smallest absolute Gasteiger partial charge is 0.246 e. The zero-order valence-electron chi connectivity index (χ0n) is 14.1.